The molecule has 1 aromatic carbocycles. The van der Waals surface area contributed by atoms with Crippen molar-refractivity contribution >= 4 is 40.0 Å². The fraction of sp³-hybridized carbons (Fsp3) is 0.353. The van der Waals surface area contributed by atoms with Crippen molar-refractivity contribution < 1.29 is 4.79 Å². The highest BCUT2D eigenvalue weighted by Gasteiger charge is 2.15. The van der Waals surface area contributed by atoms with E-state index in [-0.39, 0.29) is 11.9 Å². The number of hydrogen-bond donors (Lipinski definition) is 2. The van der Waals surface area contributed by atoms with Crippen LogP contribution in [0.15, 0.2) is 27.9 Å². The Morgan fingerprint density at radius 2 is 2.25 bits per heavy atom. The van der Waals surface area contributed by atoms with E-state index in [1.54, 1.807) is 23.1 Å². The molecule has 0 bridgehead atoms. The topological polar surface area (TPSA) is 70.7 Å². The molecule has 1 unspecified atom stereocenters. The standard InChI is InChI=1S/C17H20N4OS2/c1-4-23-17-19-12(9-24-17)8-15(22)18-11(3)16-20-13-6-5-10(2)7-14(13)21-16/h5-7,9,11H,4,8H2,1-3H3,(H,18,22)(H,20,21). The van der Waals surface area contributed by atoms with Gasteiger partial charge in [-0.1, -0.05) is 24.8 Å². The van der Waals surface area contributed by atoms with E-state index in [9.17, 15) is 4.79 Å². The number of thiazole rings is 1. The fourth-order valence-electron chi connectivity index (χ4n) is 2.43. The van der Waals surface area contributed by atoms with Gasteiger partial charge in [-0.25, -0.2) is 9.97 Å². The van der Waals surface area contributed by atoms with Crippen molar-refractivity contribution in [2.75, 3.05) is 5.75 Å². The zero-order chi connectivity index (χ0) is 17.1. The highest BCUT2D eigenvalue weighted by atomic mass is 32.2. The fourth-order valence-corrected chi connectivity index (χ4v) is 4.17. The number of aromatic amines is 1. The Morgan fingerprint density at radius 1 is 1.42 bits per heavy atom. The number of H-pyrrole nitrogens is 1. The number of aromatic nitrogens is 3. The third kappa shape index (κ3) is 3.96. The first-order valence-electron chi connectivity index (χ1n) is 7.88. The molecule has 2 aromatic heterocycles. The molecule has 0 saturated heterocycles. The van der Waals surface area contributed by atoms with Gasteiger partial charge in [0.15, 0.2) is 0 Å². The van der Waals surface area contributed by atoms with Crippen molar-refractivity contribution in [3.63, 3.8) is 0 Å². The van der Waals surface area contributed by atoms with Gasteiger partial charge in [0, 0.05) is 5.38 Å². The summed E-state index contributed by atoms with van der Waals surface area (Å²) in [5.74, 6) is 1.71. The molecule has 0 fully saturated rings. The molecule has 7 heteroatoms. The molecule has 0 saturated carbocycles. The van der Waals surface area contributed by atoms with E-state index >= 15 is 0 Å². The number of imidazole rings is 1. The van der Waals surface area contributed by atoms with Gasteiger partial charge < -0.3 is 10.3 Å². The van der Waals surface area contributed by atoms with Gasteiger partial charge in [-0.05, 0) is 37.3 Å². The molecule has 0 aliphatic carbocycles. The number of nitrogens with one attached hydrogen (secondary N) is 2. The van der Waals surface area contributed by atoms with Crippen LogP contribution in [-0.4, -0.2) is 26.6 Å². The number of rotatable bonds is 6. The van der Waals surface area contributed by atoms with Crippen LogP contribution in [0.4, 0.5) is 0 Å². The van der Waals surface area contributed by atoms with Crippen LogP contribution in [0.25, 0.3) is 11.0 Å². The number of amides is 1. The Labute approximate surface area is 149 Å². The van der Waals surface area contributed by atoms with E-state index in [1.165, 1.54) is 5.56 Å². The van der Waals surface area contributed by atoms with E-state index in [0.717, 1.165) is 32.6 Å². The summed E-state index contributed by atoms with van der Waals surface area (Å²) < 4.78 is 1.01. The Hall–Kier alpha value is -1.86. The van der Waals surface area contributed by atoms with Crippen molar-refractivity contribution in [2.45, 2.75) is 37.6 Å². The minimum Gasteiger partial charge on any atom is -0.346 e. The molecule has 1 atom stereocenters. The van der Waals surface area contributed by atoms with Crippen molar-refractivity contribution in [3.05, 3.63) is 40.7 Å². The molecule has 0 aliphatic rings. The molecule has 126 valence electrons. The van der Waals surface area contributed by atoms with Crippen molar-refractivity contribution in [2.24, 2.45) is 0 Å². The van der Waals surface area contributed by atoms with Gasteiger partial charge >= 0.3 is 0 Å². The van der Waals surface area contributed by atoms with Crippen LogP contribution < -0.4 is 5.32 Å². The highest BCUT2D eigenvalue weighted by molar-refractivity contribution is 8.00. The molecule has 5 nitrogen and oxygen atoms in total. The normalized spacial score (nSPS) is 12.5. The molecule has 3 rings (SSSR count). The zero-order valence-electron chi connectivity index (χ0n) is 13.9. The molecule has 24 heavy (non-hydrogen) atoms. The van der Waals surface area contributed by atoms with Crippen LogP contribution in [0, 0.1) is 6.92 Å². The number of nitrogens with zero attached hydrogens (tertiary/aromatic N) is 2. The monoisotopic (exact) mass is 360 g/mol. The maximum atomic E-state index is 12.2. The van der Waals surface area contributed by atoms with Crippen LogP contribution in [-0.2, 0) is 11.2 Å². The van der Waals surface area contributed by atoms with Gasteiger partial charge in [0.2, 0.25) is 5.91 Å². The van der Waals surface area contributed by atoms with Crippen LogP contribution in [0.5, 0.6) is 0 Å². The summed E-state index contributed by atoms with van der Waals surface area (Å²) in [7, 11) is 0. The quantitative estimate of drug-likeness (QED) is 0.655. The summed E-state index contributed by atoms with van der Waals surface area (Å²) in [6.07, 6.45) is 0.296. The molecule has 3 aromatic rings. The molecule has 2 heterocycles. The summed E-state index contributed by atoms with van der Waals surface area (Å²) >= 11 is 3.29. The minimum atomic E-state index is -0.173. The van der Waals surface area contributed by atoms with Gasteiger partial charge in [-0.2, -0.15) is 0 Å². The van der Waals surface area contributed by atoms with Crippen LogP contribution >= 0.6 is 23.1 Å². The molecule has 0 radical (unpaired) electrons. The predicted octanol–water partition coefficient (Wildman–Crippen LogP) is 3.86. The van der Waals surface area contributed by atoms with Crippen LogP contribution in [0.2, 0.25) is 0 Å². The number of carbonyl (C=O) groups is 1. The maximum absolute atomic E-state index is 12.2. The van der Waals surface area contributed by atoms with Gasteiger partial charge in [0.25, 0.3) is 0 Å². The second-order valence-corrected chi connectivity index (χ2v) is 8.02. The number of aryl methyl sites for hydroxylation is 1. The lowest BCUT2D eigenvalue weighted by Crippen LogP contribution is -2.28. The number of benzene rings is 1. The SMILES string of the molecule is CCSc1nc(CC(=O)NC(C)c2nc3ccc(C)cc3[nH]2)cs1. The van der Waals surface area contributed by atoms with Crippen LogP contribution in [0.3, 0.4) is 0 Å². The predicted molar refractivity (Wildman–Crippen MR) is 99.6 cm³/mol. The van der Waals surface area contributed by atoms with E-state index < -0.39 is 0 Å². The molecular formula is C17H20N4OS2. The molecule has 0 aliphatic heterocycles. The first-order valence-corrected chi connectivity index (χ1v) is 9.74. The summed E-state index contributed by atoms with van der Waals surface area (Å²) in [6.45, 7) is 6.07. The van der Waals surface area contributed by atoms with E-state index in [2.05, 4.69) is 33.3 Å². The Balaban J connectivity index is 1.63. The number of fused-ring (bicyclic) bond motifs is 1. The molecule has 0 spiro atoms. The lowest BCUT2D eigenvalue weighted by Gasteiger charge is -2.10. The lowest BCUT2D eigenvalue weighted by atomic mass is 10.2. The van der Waals surface area contributed by atoms with Crippen molar-refractivity contribution in [3.8, 4) is 0 Å². The Bertz CT molecular complexity index is 855. The third-order valence-corrected chi connectivity index (χ3v) is 5.54. The Morgan fingerprint density at radius 3 is 3.04 bits per heavy atom. The smallest absolute Gasteiger partial charge is 0.226 e. The third-order valence-electron chi connectivity index (χ3n) is 3.58. The van der Waals surface area contributed by atoms with Crippen molar-refractivity contribution in [1.29, 1.82) is 0 Å². The molecule has 2 N–H and O–H groups in total. The van der Waals surface area contributed by atoms with E-state index in [1.807, 2.05) is 31.4 Å². The van der Waals surface area contributed by atoms with Gasteiger partial charge in [0.05, 0.1) is 29.2 Å². The van der Waals surface area contributed by atoms with Gasteiger partial charge in [-0.3, -0.25) is 4.79 Å². The Kier molecular flexibility index (Phi) is 5.20. The first-order chi connectivity index (χ1) is 11.5. The second-order valence-electron chi connectivity index (χ2n) is 5.65. The highest BCUT2D eigenvalue weighted by Crippen LogP contribution is 2.22. The van der Waals surface area contributed by atoms with E-state index in [0.29, 0.717) is 6.42 Å². The van der Waals surface area contributed by atoms with E-state index in [4.69, 9.17) is 0 Å². The average Bonchev–Trinajstić information content (AvgIpc) is 3.13. The number of carbonyl (C=O) groups excluding carboxylic acids is 1. The summed E-state index contributed by atoms with van der Waals surface area (Å²) in [4.78, 5) is 24.5. The summed E-state index contributed by atoms with van der Waals surface area (Å²) in [5.41, 5.74) is 3.91. The van der Waals surface area contributed by atoms with Gasteiger partial charge in [0.1, 0.15) is 10.2 Å². The first kappa shape index (κ1) is 17.0. The van der Waals surface area contributed by atoms with Gasteiger partial charge in [-0.15, -0.1) is 11.3 Å². The minimum absolute atomic E-state index is 0.0440. The molecule has 1 amide bonds. The maximum Gasteiger partial charge on any atom is 0.226 e. The second kappa shape index (κ2) is 7.36. The summed E-state index contributed by atoms with van der Waals surface area (Å²) in [5, 5.41) is 4.94. The largest absolute Gasteiger partial charge is 0.346 e. The average molecular weight is 361 g/mol. The zero-order valence-corrected chi connectivity index (χ0v) is 15.6. The lowest BCUT2D eigenvalue weighted by molar-refractivity contribution is -0.121. The van der Waals surface area contributed by atoms with Crippen LogP contribution in [0.1, 0.15) is 37.0 Å². The number of thioether (sulfide) groups is 1. The van der Waals surface area contributed by atoms with Crippen molar-refractivity contribution in [1.82, 2.24) is 20.3 Å². The summed E-state index contributed by atoms with van der Waals surface area (Å²) in [6, 6.07) is 5.90. The molecular weight excluding hydrogens is 340 g/mol. The number of hydrogen-bond acceptors (Lipinski definition) is 5.